The van der Waals surface area contributed by atoms with Crippen molar-refractivity contribution in [1.82, 2.24) is 4.98 Å². The molecule has 0 saturated carbocycles. The molecule has 2 heterocycles. The molecule has 132 valence electrons. The van der Waals surface area contributed by atoms with E-state index in [-0.39, 0.29) is 11.2 Å². The van der Waals surface area contributed by atoms with Gasteiger partial charge in [-0.1, -0.05) is 18.2 Å². The molecule has 25 heavy (non-hydrogen) atoms. The molecule has 1 aromatic carbocycles. The molecular formula is C18H21N3O3S. The number of pyridine rings is 1. The van der Waals surface area contributed by atoms with Crippen LogP contribution in [0.3, 0.4) is 0 Å². The maximum Gasteiger partial charge on any atom is 0.148 e. The van der Waals surface area contributed by atoms with E-state index in [1.165, 1.54) is 6.26 Å². The normalized spacial score (nSPS) is 17.1. The van der Waals surface area contributed by atoms with Gasteiger partial charge in [0.15, 0.2) is 0 Å². The smallest absolute Gasteiger partial charge is 0.148 e. The third-order valence-corrected chi connectivity index (χ3v) is 5.79. The highest BCUT2D eigenvalue weighted by Crippen LogP contribution is 2.34. The van der Waals surface area contributed by atoms with Crippen LogP contribution < -0.4 is 5.32 Å². The van der Waals surface area contributed by atoms with E-state index in [9.17, 15) is 13.7 Å². The predicted molar refractivity (Wildman–Crippen MR) is 97.1 cm³/mol. The number of aromatic nitrogens is 1. The van der Waals surface area contributed by atoms with Crippen LogP contribution in [-0.4, -0.2) is 45.2 Å². The first-order valence-electron chi connectivity index (χ1n) is 8.20. The molecule has 0 radical (unpaired) electrons. The van der Waals surface area contributed by atoms with Crippen LogP contribution >= 0.6 is 0 Å². The molecule has 0 spiro atoms. The molecule has 6 nitrogen and oxygen atoms in total. The molecule has 0 unspecified atom stereocenters. The van der Waals surface area contributed by atoms with Crippen LogP contribution in [0.2, 0.25) is 0 Å². The average molecular weight is 359 g/mol. The van der Waals surface area contributed by atoms with Crippen LogP contribution in [0.1, 0.15) is 18.4 Å². The Balaban J connectivity index is 1.93. The summed E-state index contributed by atoms with van der Waals surface area (Å²) in [6.07, 6.45) is 4.18. The third-order valence-electron chi connectivity index (χ3n) is 4.66. The van der Waals surface area contributed by atoms with E-state index in [1.807, 2.05) is 24.3 Å². The lowest BCUT2D eigenvalue weighted by Gasteiger charge is -2.37. The van der Waals surface area contributed by atoms with Gasteiger partial charge in [0.05, 0.1) is 22.5 Å². The van der Waals surface area contributed by atoms with Gasteiger partial charge in [-0.25, -0.2) is 8.42 Å². The number of nitriles is 1. The number of fused-ring (bicyclic) bond motifs is 1. The Hall–Kier alpha value is -2.17. The molecule has 1 aliphatic rings. The van der Waals surface area contributed by atoms with Crippen molar-refractivity contribution in [3.8, 4) is 6.07 Å². The van der Waals surface area contributed by atoms with Crippen molar-refractivity contribution in [3.63, 3.8) is 0 Å². The van der Waals surface area contributed by atoms with E-state index < -0.39 is 9.84 Å². The molecule has 0 atom stereocenters. The van der Waals surface area contributed by atoms with Crippen molar-refractivity contribution in [2.75, 3.05) is 37.1 Å². The molecule has 3 rings (SSSR count). The SMILES string of the molecule is CS(=O)(=O)CC1(CNc2c(C#N)cnc3ccccc23)CCOCC1. The van der Waals surface area contributed by atoms with Gasteiger partial charge in [-0.05, 0) is 18.9 Å². The second-order valence-electron chi connectivity index (χ2n) is 6.71. The number of para-hydroxylation sites is 1. The fourth-order valence-electron chi connectivity index (χ4n) is 3.43. The Morgan fingerprint density at radius 3 is 2.72 bits per heavy atom. The zero-order valence-corrected chi connectivity index (χ0v) is 15.0. The minimum atomic E-state index is -3.12. The van der Waals surface area contributed by atoms with Gasteiger partial charge in [0, 0.05) is 43.0 Å². The van der Waals surface area contributed by atoms with E-state index in [4.69, 9.17) is 4.74 Å². The van der Waals surface area contributed by atoms with Crippen molar-refractivity contribution in [2.24, 2.45) is 5.41 Å². The van der Waals surface area contributed by atoms with Gasteiger partial charge in [-0.2, -0.15) is 5.26 Å². The van der Waals surface area contributed by atoms with Gasteiger partial charge in [-0.3, -0.25) is 4.98 Å². The summed E-state index contributed by atoms with van der Waals surface area (Å²) in [4.78, 5) is 4.31. The standard InChI is InChI=1S/C18H21N3O3S/c1-25(22,23)13-18(6-8-24-9-7-18)12-21-17-14(10-19)11-20-16-5-3-2-4-15(16)17/h2-5,11H,6-9,12-13H2,1H3,(H,20,21). The van der Waals surface area contributed by atoms with Gasteiger partial charge in [-0.15, -0.1) is 0 Å². The molecule has 1 fully saturated rings. The Morgan fingerprint density at radius 1 is 1.32 bits per heavy atom. The van der Waals surface area contributed by atoms with E-state index in [1.54, 1.807) is 6.20 Å². The molecule has 1 N–H and O–H groups in total. The van der Waals surface area contributed by atoms with E-state index in [2.05, 4.69) is 16.4 Å². The lowest BCUT2D eigenvalue weighted by atomic mass is 9.82. The summed E-state index contributed by atoms with van der Waals surface area (Å²) < 4.78 is 29.3. The quantitative estimate of drug-likeness (QED) is 0.881. The highest BCUT2D eigenvalue weighted by molar-refractivity contribution is 7.90. The fourth-order valence-corrected chi connectivity index (χ4v) is 4.93. The van der Waals surface area contributed by atoms with Crippen LogP contribution in [0.25, 0.3) is 10.9 Å². The average Bonchev–Trinajstić information content (AvgIpc) is 2.59. The summed E-state index contributed by atoms with van der Waals surface area (Å²) in [5, 5.41) is 13.6. The first kappa shape index (κ1) is 17.6. The number of anilines is 1. The van der Waals surface area contributed by atoms with Gasteiger partial charge < -0.3 is 10.1 Å². The maximum absolute atomic E-state index is 11.9. The molecule has 1 aromatic heterocycles. The first-order chi connectivity index (χ1) is 11.9. The monoisotopic (exact) mass is 359 g/mol. The number of hydrogen-bond acceptors (Lipinski definition) is 6. The lowest BCUT2D eigenvalue weighted by molar-refractivity contribution is 0.0315. The molecule has 7 heteroatoms. The number of sulfone groups is 1. The lowest BCUT2D eigenvalue weighted by Crippen LogP contribution is -2.41. The van der Waals surface area contributed by atoms with E-state index >= 15 is 0 Å². The number of nitrogens with zero attached hydrogens (tertiary/aromatic N) is 2. The summed E-state index contributed by atoms with van der Waals surface area (Å²) in [6.45, 7) is 1.59. The number of benzene rings is 1. The molecular weight excluding hydrogens is 338 g/mol. The largest absolute Gasteiger partial charge is 0.383 e. The van der Waals surface area contributed by atoms with E-state index in [0.717, 1.165) is 10.9 Å². The number of rotatable bonds is 5. The molecule has 1 saturated heterocycles. The Bertz CT molecular complexity index is 913. The van der Waals surface area contributed by atoms with Gasteiger partial charge in [0.2, 0.25) is 0 Å². The van der Waals surface area contributed by atoms with Gasteiger partial charge >= 0.3 is 0 Å². The summed E-state index contributed by atoms with van der Waals surface area (Å²) >= 11 is 0. The molecule has 0 bridgehead atoms. The van der Waals surface area contributed by atoms with Crippen molar-refractivity contribution in [1.29, 1.82) is 5.26 Å². The first-order valence-corrected chi connectivity index (χ1v) is 10.3. The van der Waals surface area contributed by atoms with Gasteiger partial charge in [0.25, 0.3) is 0 Å². The summed E-state index contributed by atoms with van der Waals surface area (Å²) in [6, 6.07) is 9.77. The minimum absolute atomic E-state index is 0.112. The van der Waals surface area contributed by atoms with Crippen LogP contribution in [0, 0.1) is 16.7 Å². The number of nitrogens with one attached hydrogen (secondary N) is 1. The second kappa shape index (κ2) is 6.98. The highest BCUT2D eigenvalue weighted by atomic mass is 32.2. The number of ether oxygens (including phenoxy) is 1. The zero-order valence-electron chi connectivity index (χ0n) is 14.2. The van der Waals surface area contributed by atoms with Gasteiger partial charge in [0.1, 0.15) is 15.9 Å². The van der Waals surface area contributed by atoms with Crippen molar-refractivity contribution in [2.45, 2.75) is 12.8 Å². The fraction of sp³-hybridized carbons (Fsp3) is 0.444. The predicted octanol–water partition coefficient (Wildman–Crippen LogP) is 2.36. The summed E-state index contributed by atoms with van der Waals surface area (Å²) in [7, 11) is -3.12. The van der Waals surface area contributed by atoms with Crippen LogP contribution in [0.5, 0.6) is 0 Å². The van der Waals surface area contributed by atoms with Crippen molar-refractivity contribution in [3.05, 3.63) is 36.0 Å². The van der Waals surface area contributed by atoms with E-state index in [0.29, 0.717) is 43.9 Å². The topological polar surface area (TPSA) is 92.1 Å². The third kappa shape index (κ3) is 4.09. The van der Waals surface area contributed by atoms with Crippen LogP contribution in [0.15, 0.2) is 30.5 Å². The minimum Gasteiger partial charge on any atom is -0.383 e. The molecule has 2 aromatic rings. The zero-order chi connectivity index (χ0) is 17.9. The number of hydrogen-bond donors (Lipinski definition) is 1. The van der Waals surface area contributed by atoms with Crippen LogP contribution in [-0.2, 0) is 14.6 Å². The Kier molecular flexibility index (Phi) is 4.93. The molecule has 0 aliphatic carbocycles. The summed E-state index contributed by atoms with van der Waals surface area (Å²) in [5.74, 6) is 0.112. The Labute approximate surface area is 147 Å². The Morgan fingerprint density at radius 2 is 2.04 bits per heavy atom. The summed E-state index contributed by atoms with van der Waals surface area (Å²) in [5.41, 5.74) is 1.59. The second-order valence-corrected chi connectivity index (χ2v) is 8.85. The maximum atomic E-state index is 11.9. The molecule has 0 amide bonds. The van der Waals surface area contributed by atoms with Crippen molar-refractivity contribution < 1.29 is 13.2 Å². The molecule has 1 aliphatic heterocycles. The van der Waals surface area contributed by atoms with Crippen LogP contribution in [0.4, 0.5) is 5.69 Å². The van der Waals surface area contributed by atoms with Crippen molar-refractivity contribution >= 4 is 26.4 Å². The highest BCUT2D eigenvalue weighted by Gasteiger charge is 2.36.